The zero-order valence-electron chi connectivity index (χ0n) is 17.2. The molecule has 1 aliphatic rings. The highest BCUT2D eigenvalue weighted by Crippen LogP contribution is 2.20. The van der Waals surface area contributed by atoms with Gasteiger partial charge in [0, 0.05) is 12.3 Å². The number of amides is 1. The van der Waals surface area contributed by atoms with Crippen molar-refractivity contribution in [3.8, 4) is 11.5 Å². The van der Waals surface area contributed by atoms with Gasteiger partial charge in [0.2, 0.25) is 0 Å². The molecular weight excluding hydrogens is 400 g/mol. The summed E-state index contributed by atoms with van der Waals surface area (Å²) in [5.74, 6) is 1.01. The van der Waals surface area contributed by atoms with Gasteiger partial charge in [-0.2, -0.15) is 0 Å². The Hall–Kier alpha value is -2.64. The van der Waals surface area contributed by atoms with Crippen LogP contribution >= 0.6 is 12.2 Å². The number of thiocarbonyl (C=S) groups is 1. The minimum absolute atomic E-state index is 0.180. The van der Waals surface area contributed by atoms with E-state index < -0.39 is 0 Å². The Kier molecular flexibility index (Phi) is 8.47. The number of benzene rings is 2. The number of carbonyl (C=O) groups is 1. The van der Waals surface area contributed by atoms with E-state index in [1.807, 2.05) is 30.3 Å². The van der Waals surface area contributed by atoms with Gasteiger partial charge in [0.1, 0.15) is 18.1 Å². The molecule has 1 aliphatic heterocycles. The van der Waals surface area contributed by atoms with Crippen molar-refractivity contribution in [1.82, 2.24) is 5.32 Å². The first kappa shape index (κ1) is 22.1. The van der Waals surface area contributed by atoms with Crippen LogP contribution in [-0.2, 0) is 4.74 Å². The smallest absolute Gasteiger partial charge is 0.261 e. The number of ether oxygens (including phenoxy) is 3. The number of hydrogen-bond acceptors (Lipinski definition) is 5. The van der Waals surface area contributed by atoms with Crippen LogP contribution in [-0.4, -0.2) is 36.9 Å². The number of unbranched alkanes of at least 4 members (excludes halogenated alkanes) is 1. The van der Waals surface area contributed by atoms with Gasteiger partial charge in [0.05, 0.1) is 18.3 Å². The topological polar surface area (TPSA) is 68.8 Å². The number of para-hydroxylation sites is 1. The fourth-order valence-corrected chi connectivity index (χ4v) is 3.25. The van der Waals surface area contributed by atoms with Crippen LogP contribution in [0.2, 0.25) is 0 Å². The maximum absolute atomic E-state index is 12.6. The quantitative estimate of drug-likeness (QED) is 0.451. The van der Waals surface area contributed by atoms with Crippen molar-refractivity contribution in [2.75, 3.05) is 25.1 Å². The third kappa shape index (κ3) is 6.71. The third-order valence-corrected chi connectivity index (χ3v) is 4.89. The van der Waals surface area contributed by atoms with Gasteiger partial charge in [-0.1, -0.05) is 25.5 Å². The number of hydrogen-bond donors (Lipinski definition) is 2. The summed E-state index contributed by atoms with van der Waals surface area (Å²) in [7, 11) is 0. The summed E-state index contributed by atoms with van der Waals surface area (Å²) in [6.07, 6.45) is 4.28. The van der Waals surface area contributed by atoms with E-state index in [0.717, 1.165) is 43.7 Å². The average Bonchev–Trinajstić information content (AvgIpc) is 3.27. The molecule has 1 atom stereocenters. The largest absolute Gasteiger partial charge is 0.493 e. The van der Waals surface area contributed by atoms with Crippen molar-refractivity contribution >= 4 is 28.9 Å². The lowest BCUT2D eigenvalue weighted by Crippen LogP contribution is -2.34. The van der Waals surface area contributed by atoms with E-state index in [4.69, 9.17) is 26.4 Å². The first-order valence-corrected chi connectivity index (χ1v) is 10.7. The minimum Gasteiger partial charge on any atom is -0.493 e. The molecule has 1 amide bonds. The molecule has 1 fully saturated rings. The van der Waals surface area contributed by atoms with E-state index in [2.05, 4.69) is 17.6 Å². The Bertz CT molecular complexity index is 835. The second-order valence-electron chi connectivity index (χ2n) is 7.08. The molecule has 1 unspecified atom stereocenters. The van der Waals surface area contributed by atoms with Gasteiger partial charge >= 0.3 is 0 Å². The van der Waals surface area contributed by atoms with Crippen molar-refractivity contribution in [1.29, 1.82) is 0 Å². The molecule has 3 rings (SSSR count). The van der Waals surface area contributed by atoms with Crippen LogP contribution < -0.4 is 20.1 Å². The van der Waals surface area contributed by atoms with Gasteiger partial charge in [-0.25, -0.2) is 0 Å². The van der Waals surface area contributed by atoms with E-state index in [1.165, 1.54) is 0 Å². The van der Waals surface area contributed by atoms with Crippen molar-refractivity contribution in [2.24, 2.45) is 0 Å². The molecule has 0 saturated carbocycles. The molecule has 7 heteroatoms. The molecule has 0 spiro atoms. The van der Waals surface area contributed by atoms with Gasteiger partial charge in [0.25, 0.3) is 5.91 Å². The molecule has 0 bridgehead atoms. The van der Waals surface area contributed by atoms with Gasteiger partial charge in [-0.3, -0.25) is 10.1 Å². The predicted octanol–water partition coefficient (Wildman–Crippen LogP) is 4.55. The fourth-order valence-electron chi connectivity index (χ4n) is 3.04. The summed E-state index contributed by atoms with van der Waals surface area (Å²) in [5.41, 5.74) is 1.22. The van der Waals surface area contributed by atoms with Crippen LogP contribution in [0.4, 0.5) is 5.69 Å². The monoisotopic (exact) mass is 428 g/mol. The number of carbonyl (C=O) groups excluding carboxylic acids is 1. The van der Waals surface area contributed by atoms with Crippen LogP contribution in [0.1, 0.15) is 43.0 Å². The highest BCUT2D eigenvalue weighted by atomic mass is 32.1. The third-order valence-electron chi connectivity index (χ3n) is 4.69. The molecule has 2 N–H and O–H groups in total. The maximum Gasteiger partial charge on any atom is 0.261 e. The fraction of sp³-hybridized carbons (Fsp3) is 0.391. The highest BCUT2D eigenvalue weighted by molar-refractivity contribution is 7.80. The molecule has 2 aromatic carbocycles. The van der Waals surface area contributed by atoms with E-state index in [9.17, 15) is 4.79 Å². The molecule has 1 heterocycles. The normalized spacial score (nSPS) is 15.4. The summed E-state index contributed by atoms with van der Waals surface area (Å²) in [6.45, 7) is 4.04. The molecule has 0 radical (unpaired) electrons. The second kappa shape index (κ2) is 11.5. The van der Waals surface area contributed by atoms with Crippen molar-refractivity contribution in [2.45, 2.75) is 38.7 Å². The van der Waals surface area contributed by atoms with E-state index >= 15 is 0 Å². The van der Waals surface area contributed by atoms with Gasteiger partial charge in [-0.05, 0) is 67.9 Å². The Morgan fingerprint density at radius 3 is 2.70 bits per heavy atom. The summed E-state index contributed by atoms with van der Waals surface area (Å²) in [6, 6.07) is 14.6. The maximum atomic E-state index is 12.6. The Morgan fingerprint density at radius 2 is 1.97 bits per heavy atom. The van der Waals surface area contributed by atoms with Gasteiger partial charge in [0.15, 0.2) is 5.11 Å². The van der Waals surface area contributed by atoms with Crippen LogP contribution in [0, 0.1) is 0 Å². The highest BCUT2D eigenvalue weighted by Gasteiger charge is 2.16. The molecule has 1 saturated heterocycles. The molecule has 0 aromatic heterocycles. The Balaban J connectivity index is 1.49. The molecule has 0 aliphatic carbocycles. The summed E-state index contributed by atoms with van der Waals surface area (Å²) >= 11 is 5.29. The SMILES string of the molecule is CCCCOc1ccccc1C(=O)NC(=S)Nc1ccc(OCC2CCCO2)cc1. The first-order chi connectivity index (χ1) is 14.7. The van der Waals surface area contributed by atoms with Crippen molar-refractivity contribution in [3.05, 3.63) is 54.1 Å². The zero-order chi connectivity index (χ0) is 21.2. The zero-order valence-corrected chi connectivity index (χ0v) is 18.0. The lowest BCUT2D eigenvalue weighted by Gasteiger charge is -2.14. The number of rotatable bonds is 9. The first-order valence-electron chi connectivity index (χ1n) is 10.3. The molecule has 2 aromatic rings. The van der Waals surface area contributed by atoms with Gasteiger partial charge in [-0.15, -0.1) is 0 Å². The standard InChI is InChI=1S/C23H28N2O4S/c1-2-3-14-28-21-9-5-4-8-20(21)22(26)25-23(30)24-17-10-12-18(13-11-17)29-16-19-7-6-15-27-19/h4-5,8-13,19H,2-3,6-7,14-16H2,1H3,(H2,24,25,26,30). The molecule has 30 heavy (non-hydrogen) atoms. The van der Waals surface area contributed by atoms with Gasteiger partial charge < -0.3 is 19.5 Å². The summed E-state index contributed by atoms with van der Waals surface area (Å²) in [5, 5.41) is 5.94. The van der Waals surface area contributed by atoms with E-state index in [1.54, 1.807) is 18.2 Å². The lowest BCUT2D eigenvalue weighted by molar-refractivity contribution is 0.0679. The van der Waals surface area contributed by atoms with E-state index in [-0.39, 0.29) is 17.1 Å². The van der Waals surface area contributed by atoms with Crippen molar-refractivity contribution in [3.63, 3.8) is 0 Å². The van der Waals surface area contributed by atoms with Crippen LogP contribution in [0.5, 0.6) is 11.5 Å². The number of anilines is 1. The van der Waals surface area contributed by atoms with Crippen LogP contribution in [0.15, 0.2) is 48.5 Å². The van der Waals surface area contributed by atoms with E-state index in [0.29, 0.717) is 24.5 Å². The second-order valence-corrected chi connectivity index (χ2v) is 7.49. The predicted molar refractivity (Wildman–Crippen MR) is 121 cm³/mol. The average molecular weight is 429 g/mol. The molecule has 160 valence electrons. The summed E-state index contributed by atoms with van der Waals surface area (Å²) < 4.78 is 17.0. The lowest BCUT2D eigenvalue weighted by atomic mass is 10.2. The Labute approximate surface area is 182 Å². The van der Waals surface area contributed by atoms with Crippen LogP contribution in [0.25, 0.3) is 0 Å². The Morgan fingerprint density at radius 1 is 1.17 bits per heavy atom. The number of nitrogens with one attached hydrogen (secondary N) is 2. The summed E-state index contributed by atoms with van der Waals surface area (Å²) in [4.78, 5) is 12.6. The van der Waals surface area contributed by atoms with Crippen molar-refractivity contribution < 1.29 is 19.0 Å². The van der Waals surface area contributed by atoms with Crippen LogP contribution in [0.3, 0.4) is 0 Å². The molecule has 6 nitrogen and oxygen atoms in total. The molecular formula is C23H28N2O4S. The minimum atomic E-state index is -0.309.